The van der Waals surface area contributed by atoms with Crippen molar-refractivity contribution >= 4 is 17.3 Å². The molecule has 3 fully saturated rings. The van der Waals surface area contributed by atoms with Gasteiger partial charge in [-0.15, -0.1) is 0 Å². The van der Waals surface area contributed by atoms with Gasteiger partial charge in [-0.3, -0.25) is 9.59 Å². The van der Waals surface area contributed by atoms with Crippen molar-refractivity contribution in [2.24, 2.45) is 33.7 Å². The van der Waals surface area contributed by atoms with Crippen LogP contribution in [-0.2, 0) is 9.59 Å². The molecule has 4 aliphatic carbocycles. The topological polar surface area (TPSA) is 66.7 Å². The minimum absolute atomic E-state index is 0.0780. The van der Waals surface area contributed by atoms with E-state index in [0.29, 0.717) is 35.7 Å². The van der Waals surface area contributed by atoms with E-state index in [1.165, 1.54) is 5.57 Å². The van der Waals surface area contributed by atoms with Crippen LogP contribution in [0.4, 0.5) is 0 Å². The predicted molar refractivity (Wildman–Crippen MR) is 86.3 cm³/mol. The lowest BCUT2D eigenvalue weighted by Gasteiger charge is -2.56. The molecule has 0 aromatic heterocycles. The second-order valence-electron chi connectivity index (χ2n) is 8.51. The quantitative estimate of drug-likeness (QED) is 0.549. The van der Waals surface area contributed by atoms with E-state index >= 15 is 0 Å². The smallest absolute Gasteiger partial charge is 0.203 e. The molecule has 0 spiro atoms. The number of carbonyl (C=O) groups excluding carboxylic acids is 2. The summed E-state index contributed by atoms with van der Waals surface area (Å²) in [5, 5.41) is 12.4. The fourth-order valence-electron chi connectivity index (χ4n) is 6.34. The molecule has 0 amide bonds. The van der Waals surface area contributed by atoms with Crippen LogP contribution in [0.5, 0.6) is 0 Å². The summed E-state index contributed by atoms with van der Waals surface area (Å²) in [6, 6.07) is 0. The van der Waals surface area contributed by atoms with Gasteiger partial charge in [0.25, 0.3) is 0 Å². The highest BCUT2D eigenvalue weighted by Gasteiger charge is 2.59. The van der Waals surface area contributed by atoms with E-state index in [4.69, 9.17) is 0 Å². The Morgan fingerprint density at radius 2 is 1.83 bits per heavy atom. The zero-order valence-corrected chi connectivity index (χ0v) is 14.0. The van der Waals surface area contributed by atoms with E-state index in [9.17, 15) is 14.8 Å². The summed E-state index contributed by atoms with van der Waals surface area (Å²) in [6.07, 6.45) is 8.11. The fraction of sp³-hybridized carbons (Fsp3) is 0.737. The second kappa shape index (κ2) is 4.78. The molecule has 0 heterocycles. The summed E-state index contributed by atoms with van der Waals surface area (Å²) in [4.78, 5) is 24.4. The van der Waals surface area contributed by atoms with Crippen molar-refractivity contribution in [3.63, 3.8) is 0 Å². The van der Waals surface area contributed by atoms with E-state index in [0.717, 1.165) is 38.5 Å². The maximum absolute atomic E-state index is 12.4. The summed E-state index contributed by atoms with van der Waals surface area (Å²) in [5.41, 5.74) is 1.35. The van der Waals surface area contributed by atoms with Crippen LogP contribution in [0.25, 0.3) is 0 Å². The van der Waals surface area contributed by atoms with Gasteiger partial charge in [0, 0.05) is 18.3 Å². The van der Waals surface area contributed by atoms with Crippen LogP contribution >= 0.6 is 0 Å². The number of Topliss-reactive ketones (excluding diaryl/α,β-unsaturated/α-hetero) is 1. The summed E-state index contributed by atoms with van der Waals surface area (Å²) in [5.74, 6) is 1.89. The average molecular weight is 315 g/mol. The maximum atomic E-state index is 12.4. The van der Waals surface area contributed by atoms with E-state index in [2.05, 4.69) is 19.0 Å². The Labute approximate surface area is 137 Å². The van der Waals surface area contributed by atoms with Gasteiger partial charge in [-0.1, -0.05) is 24.6 Å². The minimum atomic E-state index is -0.130. The predicted octanol–water partition coefficient (Wildman–Crippen LogP) is 3.53. The largest absolute Gasteiger partial charge is 0.411 e. The van der Waals surface area contributed by atoms with Gasteiger partial charge in [-0.2, -0.15) is 0 Å². The van der Waals surface area contributed by atoms with Gasteiger partial charge in [0.2, 0.25) is 5.78 Å². The number of oxime groups is 1. The van der Waals surface area contributed by atoms with Crippen LogP contribution in [-0.4, -0.2) is 22.5 Å². The number of fused-ring (bicyclic) bond motifs is 5. The van der Waals surface area contributed by atoms with Gasteiger partial charge in [-0.05, 0) is 61.3 Å². The number of nitrogens with zero attached hydrogens (tertiary/aromatic N) is 1. The van der Waals surface area contributed by atoms with Gasteiger partial charge < -0.3 is 5.21 Å². The van der Waals surface area contributed by atoms with Crippen molar-refractivity contribution in [2.75, 3.05) is 0 Å². The van der Waals surface area contributed by atoms with Crippen LogP contribution in [0.15, 0.2) is 16.8 Å². The average Bonchev–Trinajstić information content (AvgIpc) is 2.83. The molecule has 1 N–H and O–H groups in total. The third kappa shape index (κ3) is 1.87. The molecule has 3 saturated carbocycles. The highest BCUT2D eigenvalue weighted by molar-refractivity contribution is 6.44. The van der Waals surface area contributed by atoms with Gasteiger partial charge in [-0.25, -0.2) is 0 Å². The van der Waals surface area contributed by atoms with Crippen molar-refractivity contribution < 1.29 is 14.8 Å². The normalized spacial score (nSPS) is 47.8. The Kier molecular flexibility index (Phi) is 3.14. The molecular weight excluding hydrogens is 290 g/mol. The highest BCUT2D eigenvalue weighted by atomic mass is 16.4. The zero-order chi connectivity index (χ0) is 16.4. The number of allylic oxidation sites excluding steroid dienone is 1. The molecule has 124 valence electrons. The molecule has 4 heteroatoms. The molecule has 5 atom stereocenters. The van der Waals surface area contributed by atoms with Crippen LogP contribution in [0.1, 0.15) is 58.8 Å². The maximum Gasteiger partial charge on any atom is 0.203 e. The fourth-order valence-corrected chi connectivity index (χ4v) is 6.34. The Morgan fingerprint density at radius 1 is 1.09 bits per heavy atom. The van der Waals surface area contributed by atoms with E-state index < -0.39 is 0 Å². The second-order valence-corrected chi connectivity index (χ2v) is 8.51. The molecule has 0 aliphatic heterocycles. The van der Waals surface area contributed by atoms with Crippen molar-refractivity contribution in [2.45, 2.75) is 58.8 Å². The Bertz CT molecular complexity index is 649. The number of hydrogen-bond acceptors (Lipinski definition) is 4. The lowest BCUT2D eigenvalue weighted by atomic mass is 9.47. The van der Waals surface area contributed by atoms with Crippen LogP contribution < -0.4 is 0 Å². The van der Waals surface area contributed by atoms with Gasteiger partial charge in [0.1, 0.15) is 11.5 Å². The first-order valence-electron chi connectivity index (χ1n) is 8.90. The standard InChI is InChI=1S/C19H25NO3/c1-18-8-7-14-12(13(18)5-6-17(18)22)4-3-11-9-16(21)15(20-23)10-19(11,14)2/h9,12-14,23H,3-8,10H2,1-2H3/t12-,13-,14-,18-,19-/m0/s1. The van der Waals surface area contributed by atoms with Crippen LogP contribution in [0.3, 0.4) is 0 Å². The van der Waals surface area contributed by atoms with E-state index in [-0.39, 0.29) is 16.6 Å². The van der Waals surface area contributed by atoms with Gasteiger partial charge >= 0.3 is 0 Å². The first-order valence-corrected chi connectivity index (χ1v) is 8.90. The molecular formula is C19H25NO3. The Morgan fingerprint density at radius 3 is 2.57 bits per heavy atom. The molecule has 4 rings (SSSR count). The van der Waals surface area contributed by atoms with Crippen molar-refractivity contribution in [1.82, 2.24) is 0 Å². The molecule has 0 saturated heterocycles. The summed E-state index contributed by atoms with van der Waals surface area (Å²) in [7, 11) is 0. The number of ketones is 2. The molecule has 0 aromatic carbocycles. The van der Waals surface area contributed by atoms with Crippen molar-refractivity contribution in [3.8, 4) is 0 Å². The molecule has 4 aliphatic rings. The first kappa shape index (κ1) is 15.1. The highest BCUT2D eigenvalue weighted by Crippen LogP contribution is 2.64. The van der Waals surface area contributed by atoms with Crippen LogP contribution in [0, 0.1) is 28.6 Å². The first-order chi connectivity index (χ1) is 10.9. The molecule has 0 radical (unpaired) electrons. The van der Waals surface area contributed by atoms with E-state index in [1.807, 2.05) is 0 Å². The third-order valence-electron chi connectivity index (χ3n) is 7.69. The van der Waals surface area contributed by atoms with Gasteiger partial charge in [0.05, 0.1) is 0 Å². The third-order valence-corrected chi connectivity index (χ3v) is 7.69. The SMILES string of the molecule is C[C@]12CC(=NO)C(=O)C=C1CC[C@@H]1[C@@H]2CC[C@]2(C)C(=O)CC[C@@H]12. The molecule has 0 unspecified atom stereocenters. The molecule has 4 nitrogen and oxygen atoms in total. The van der Waals surface area contributed by atoms with Gasteiger partial charge in [0.15, 0.2) is 0 Å². The monoisotopic (exact) mass is 315 g/mol. The van der Waals surface area contributed by atoms with Crippen LogP contribution in [0.2, 0.25) is 0 Å². The van der Waals surface area contributed by atoms with E-state index in [1.54, 1.807) is 6.08 Å². The van der Waals surface area contributed by atoms with Crippen molar-refractivity contribution in [1.29, 1.82) is 0 Å². The summed E-state index contributed by atoms with van der Waals surface area (Å²) >= 11 is 0. The number of rotatable bonds is 0. The molecule has 23 heavy (non-hydrogen) atoms. The Balaban J connectivity index is 1.73. The zero-order valence-electron chi connectivity index (χ0n) is 14.0. The summed E-state index contributed by atoms with van der Waals surface area (Å²) in [6.45, 7) is 4.43. The van der Waals surface area contributed by atoms with Crippen molar-refractivity contribution in [3.05, 3.63) is 11.6 Å². The molecule has 0 bridgehead atoms. The Hall–Kier alpha value is -1.45. The minimum Gasteiger partial charge on any atom is -0.411 e. The lowest BCUT2D eigenvalue weighted by molar-refractivity contribution is -0.132. The summed E-state index contributed by atoms with van der Waals surface area (Å²) < 4.78 is 0. The lowest BCUT2D eigenvalue weighted by Crippen LogP contribution is -2.51. The molecule has 0 aromatic rings. The number of hydrogen-bond donors (Lipinski definition) is 1. The number of carbonyl (C=O) groups is 2.